The number of anilines is 2. The van der Waals surface area contributed by atoms with Crippen LogP contribution in [0.25, 0.3) is 0 Å². The predicted octanol–water partition coefficient (Wildman–Crippen LogP) is 4.13. The molecular weight excluding hydrogens is 444 g/mol. The molecule has 0 fully saturated rings. The summed E-state index contributed by atoms with van der Waals surface area (Å²) in [7, 11) is -2.50. The lowest BCUT2D eigenvalue weighted by Gasteiger charge is -2.14. The Morgan fingerprint density at radius 3 is 2.48 bits per heavy atom. The van der Waals surface area contributed by atoms with E-state index in [9.17, 15) is 13.2 Å². The zero-order valence-electron chi connectivity index (χ0n) is 16.2. The molecule has 1 aliphatic heterocycles. The first-order valence-corrected chi connectivity index (χ1v) is 10.9. The monoisotopic (exact) mass is 460 g/mol. The Hall–Kier alpha value is -3.43. The van der Waals surface area contributed by atoms with E-state index in [0.717, 1.165) is 0 Å². The van der Waals surface area contributed by atoms with Crippen molar-refractivity contribution in [2.24, 2.45) is 0 Å². The molecule has 0 aromatic heterocycles. The topological polar surface area (TPSA) is 103 Å². The minimum absolute atomic E-state index is 0.0516. The van der Waals surface area contributed by atoms with E-state index in [1.54, 1.807) is 42.5 Å². The maximum Gasteiger partial charge on any atom is 0.261 e. The van der Waals surface area contributed by atoms with Gasteiger partial charge in [0.05, 0.1) is 17.7 Å². The van der Waals surface area contributed by atoms with Crippen LogP contribution >= 0.6 is 11.6 Å². The number of carbonyl (C=O) groups is 1. The molecule has 31 heavy (non-hydrogen) atoms. The normalized spacial score (nSPS) is 12.3. The highest BCUT2D eigenvalue weighted by Gasteiger charge is 2.20. The molecule has 0 bridgehead atoms. The van der Waals surface area contributed by atoms with Crippen LogP contribution in [-0.4, -0.2) is 28.2 Å². The number of amides is 1. The lowest BCUT2D eigenvalue weighted by Crippen LogP contribution is -2.15. The van der Waals surface area contributed by atoms with E-state index in [0.29, 0.717) is 33.5 Å². The average molecular weight is 461 g/mol. The van der Waals surface area contributed by atoms with Crippen LogP contribution in [0.15, 0.2) is 65.6 Å². The molecule has 0 spiro atoms. The first-order valence-electron chi connectivity index (χ1n) is 9.03. The second kappa shape index (κ2) is 8.37. The predicted molar refractivity (Wildman–Crippen MR) is 116 cm³/mol. The van der Waals surface area contributed by atoms with E-state index < -0.39 is 15.9 Å². The number of halogens is 1. The molecule has 1 amide bonds. The van der Waals surface area contributed by atoms with Crippen LogP contribution in [0.1, 0.15) is 10.4 Å². The van der Waals surface area contributed by atoms with Crippen molar-refractivity contribution in [2.75, 3.05) is 23.9 Å². The zero-order chi connectivity index (χ0) is 22.0. The fourth-order valence-electron chi connectivity index (χ4n) is 2.92. The third-order valence-electron chi connectivity index (χ3n) is 4.46. The van der Waals surface area contributed by atoms with Gasteiger partial charge in [0.15, 0.2) is 11.5 Å². The van der Waals surface area contributed by atoms with Gasteiger partial charge in [0.25, 0.3) is 15.9 Å². The fourth-order valence-corrected chi connectivity index (χ4v) is 4.13. The van der Waals surface area contributed by atoms with E-state index >= 15 is 0 Å². The summed E-state index contributed by atoms with van der Waals surface area (Å²) in [4.78, 5) is 12.7. The average Bonchev–Trinajstić information content (AvgIpc) is 3.23. The quantitative estimate of drug-likeness (QED) is 0.573. The maximum absolute atomic E-state index is 12.8. The molecule has 2 N–H and O–H groups in total. The Kier molecular flexibility index (Phi) is 5.62. The Morgan fingerprint density at radius 1 is 1.00 bits per heavy atom. The molecule has 8 nitrogen and oxygen atoms in total. The largest absolute Gasteiger partial charge is 0.495 e. The van der Waals surface area contributed by atoms with E-state index in [-0.39, 0.29) is 17.4 Å². The summed E-state index contributed by atoms with van der Waals surface area (Å²) in [6.45, 7) is 0.0920. The molecule has 3 aromatic rings. The number of carbonyl (C=O) groups excluding carboxylic acids is 1. The molecular formula is C21H17ClN2O6S. The van der Waals surface area contributed by atoms with Gasteiger partial charge in [-0.3, -0.25) is 9.52 Å². The molecule has 1 heterocycles. The van der Waals surface area contributed by atoms with Gasteiger partial charge in [-0.25, -0.2) is 8.42 Å². The van der Waals surface area contributed by atoms with Crippen molar-refractivity contribution in [2.45, 2.75) is 4.90 Å². The zero-order valence-corrected chi connectivity index (χ0v) is 17.8. The summed E-state index contributed by atoms with van der Waals surface area (Å²) in [6.07, 6.45) is 0. The van der Waals surface area contributed by atoms with Gasteiger partial charge >= 0.3 is 0 Å². The van der Waals surface area contributed by atoms with Crippen LogP contribution < -0.4 is 24.2 Å². The van der Waals surface area contributed by atoms with Gasteiger partial charge in [-0.1, -0.05) is 11.6 Å². The Bertz CT molecular complexity index is 1250. The first-order chi connectivity index (χ1) is 14.9. The lowest BCUT2D eigenvalue weighted by molar-refractivity contribution is 0.102. The van der Waals surface area contributed by atoms with Crippen molar-refractivity contribution in [3.63, 3.8) is 0 Å². The van der Waals surface area contributed by atoms with Crippen molar-refractivity contribution in [3.8, 4) is 17.2 Å². The van der Waals surface area contributed by atoms with Crippen molar-refractivity contribution < 1.29 is 27.4 Å². The molecule has 4 rings (SSSR count). The first kappa shape index (κ1) is 20.8. The standard InChI is InChI=1S/C21H17ClN2O6S/c1-28-18-9-7-16(31(26,27)24-15-5-3-14(22)4-6-15)11-17(18)23-21(25)13-2-8-19-20(10-13)30-12-29-19/h2-11,24H,12H2,1H3,(H,23,25). The number of ether oxygens (including phenoxy) is 3. The van der Waals surface area contributed by atoms with E-state index in [4.69, 9.17) is 25.8 Å². The number of rotatable bonds is 6. The molecule has 3 aromatic carbocycles. The number of nitrogens with one attached hydrogen (secondary N) is 2. The van der Waals surface area contributed by atoms with Crippen LogP contribution in [-0.2, 0) is 10.0 Å². The van der Waals surface area contributed by atoms with Gasteiger partial charge in [-0.2, -0.15) is 0 Å². The van der Waals surface area contributed by atoms with Crippen LogP contribution in [0.4, 0.5) is 11.4 Å². The van der Waals surface area contributed by atoms with Gasteiger partial charge in [0.1, 0.15) is 5.75 Å². The highest BCUT2D eigenvalue weighted by atomic mass is 35.5. The summed E-state index contributed by atoms with van der Waals surface area (Å²) in [6, 6.07) is 15.2. The lowest BCUT2D eigenvalue weighted by atomic mass is 10.2. The highest BCUT2D eigenvalue weighted by Crippen LogP contribution is 2.33. The minimum Gasteiger partial charge on any atom is -0.495 e. The molecule has 0 radical (unpaired) electrons. The third-order valence-corrected chi connectivity index (χ3v) is 6.09. The van der Waals surface area contributed by atoms with Crippen molar-refractivity contribution >= 4 is 38.9 Å². The Morgan fingerprint density at radius 2 is 1.74 bits per heavy atom. The molecule has 0 atom stereocenters. The van der Waals surface area contributed by atoms with E-state index in [1.165, 1.54) is 25.3 Å². The molecule has 0 aliphatic carbocycles. The van der Waals surface area contributed by atoms with Gasteiger partial charge in [-0.05, 0) is 60.7 Å². The number of hydrogen-bond acceptors (Lipinski definition) is 6. The van der Waals surface area contributed by atoms with Crippen LogP contribution in [0.2, 0.25) is 5.02 Å². The summed E-state index contributed by atoms with van der Waals surface area (Å²) < 4.78 is 43.9. The molecule has 0 saturated heterocycles. The minimum atomic E-state index is -3.92. The SMILES string of the molecule is COc1ccc(S(=O)(=O)Nc2ccc(Cl)cc2)cc1NC(=O)c1ccc2c(c1)OCO2. The molecule has 1 aliphatic rings. The smallest absolute Gasteiger partial charge is 0.261 e. The van der Waals surface area contributed by atoms with Crippen molar-refractivity contribution in [1.82, 2.24) is 0 Å². The summed E-state index contributed by atoms with van der Waals surface area (Å²) in [5.74, 6) is 0.856. The second-order valence-corrected chi connectivity index (χ2v) is 8.62. The van der Waals surface area contributed by atoms with Gasteiger partial charge in [0, 0.05) is 16.3 Å². The summed E-state index contributed by atoms with van der Waals surface area (Å²) >= 11 is 5.84. The number of methoxy groups -OCH3 is 1. The highest BCUT2D eigenvalue weighted by molar-refractivity contribution is 7.92. The third kappa shape index (κ3) is 4.52. The van der Waals surface area contributed by atoms with Gasteiger partial charge in [0.2, 0.25) is 6.79 Å². The molecule has 0 saturated carbocycles. The number of hydrogen-bond donors (Lipinski definition) is 2. The Balaban J connectivity index is 1.59. The summed E-state index contributed by atoms with van der Waals surface area (Å²) in [5.41, 5.74) is 0.870. The fraction of sp³-hybridized carbons (Fsp3) is 0.0952. The van der Waals surface area contributed by atoms with Crippen LogP contribution in [0, 0.1) is 0 Å². The molecule has 10 heteroatoms. The number of fused-ring (bicyclic) bond motifs is 1. The van der Waals surface area contributed by atoms with Crippen LogP contribution in [0.3, 0.4) is 0 Å². The van der Waals surface area contributed by atoms with Crippen molar-refractivity contribution in [3.05, 3.63) is 71.2 Å². The number of benzene rings is 3. The number of sulfonamides is 1. The van der Waals surface area contributed by atoms with Crippen LogP contribution in [0.5, 0.6) is 17.2 Å². The summed E-state index contributed by atoms with van der Waals surface area (Å²) in [5, 5.41) is 3.17. The molecule has 0 unspecified atom stereocenters. The second-order valence-electron chi connectivity index (χ2n) is 6.50. The van der Waals surface area contributed by atoms with E-state index in [1.807, 2.05) is 0 Å². The van der Waals surface area contributed by atoms with Gasteiger partial charge < -0.3 is 19.5 Å². The van der Waals surface area contributed by atoms with E-state index in [2.05, 4.69) is 10.0 Å². The van der Waals surface area contributed by atoms with Gasteiger partial charge in [-0.15, -0.1) is 0 Å². The molecule has 160 valence electrons. The van der Waals surface area contributed by atoms with Crippen molar-refractivity contribution in [1.29, 1.82) is 0 Å². The Labute approximate surface area is 183 Å². The maximum atomic E-state index is 12.8.